The maximum atomic E-state index is 12.9. The van der Waals surface area contributed by atoms with Gasteiger partial charge >= 0.3 is 5.97 Å². The van der Waals surface area contributed by atoms with E-state index in [4.69, 9.17) is 22.9 Å². The first kappa shape index (κ1) is 27.7. The second-order valence-corrected chi connectivity index (χ2v) is 7.67. The second kappa shape index (κ2) is 14.6. The molecule has 0 aliphatic heterocycles. The number of nitrogens with two attached hydrogens (primary N) is 4. The number of phenolic OH excluding ortho intramolecular Hbond substituents is 1. The first-order valence-electron chi connectivity index (χ1n) is 10.8. The number of hydrogen-bond acceptors (Lipinski definition) is 7. The molecule has 33 heavy (non-hydrogen) atoms. The Bertz CT molecular complexity index is 797. The molecule has 1 aromatic carbocycles. The minimum atomic E-state index is -1.24. The fourth-order valence-electron chi connectivity index (χ4n) is 3.03. The molecule has 0 saturated carbocycles. The van der Waals surface area contributed by atoms with Crippen molar-refractivity contribution >= 4 is 23.7 Å². The molecule has 3 unspecified atom stereocenters. The van der Waals surface area contributed by atoms with Gasteiger partial charge in [0.1, 0.15) is 17.8 Å². The topological polar surface area (TPSA) is 232 Å². The molecule has 0 aliphatic carbocycles. The van der Waals surface area contributed by atoms with E-state index in [1.54, 1.807) is 12.1 Å². The lowest BCUT2D eigenvalue weighted by Gasteiger charge is -2.23. The highest BCUT2D eigenvalue weighted by molar-refractivity contribution is 5.91. The third kappa shape index (κ3) is 11.2. The molecule has 0 saturated heterocycles. The predicted molar refractivity (Wildman–Crippen MR) is 124 cm³/mol. The molecule has 0 aliphatic rings. The number of carbonyl (C=O) groups is 3. The summed E-state index contributed by atoms with van der Waals surface area (Å²) in [6.07, 6.45) is 2.34. The number of hydrogen-bond donors (Lipinski definition) is 8. The highest BCUT2D eigenvalue weighted by atomic mass is 16.4. The predicted octanol–water partition coefficient (Wildman–Crippen LogP) is -1.50. The van der Waals surface area contributed by atoms with Crippen molar-refractivity contribution in [3.05, 3.63) is 29.8 Å². The summed E-state index contributed by atoms with van der Waals surface area (Å²) in [6.45, 7) is 0.724. The Hall–Kier alpha value is -3.38. The molecule has 2 amide bonds. The zero-order valence-electron chi connectivity index (χ0n) is 18.6. The van der Waals surface area contributed by atoms with Gasteiger partial charge in [-0.2, -0.15) is 0 Å². The number of guanidine groups is 1. The van der Waals surface area contributed by atoms with Gasteiger partial charge in [0.2, 0.25) is 11.8 Å². The number of benzene rings is 1. The summed E-state index contributed by atoms with van der Waals surface area (Å²) >= 11 is 0. The first-order chi connectivity index (χ1) is 15.6. The van der Waals surface area contributed by atoms with Crippen LogP contribution in [0, 0.1) is 0 Å². The summed E-state index contributed by atoms with van der Waals surface area (Å²) < 4.78 is 0. The Morgan fingerprint density at radius 2 is 1.58 bits per heavy atom. The van der Waals surface area contributed by atoms with Crippen LogP contribution in [0.25, 0.3) is 0 Å². The van der Waals surface area contributed by atoms with Crippen LogP contribution in [0.1, 0.15) is 37.7 Å². The lowest BCUT2D eigenvalue weighted by Crippen LogP contribution is -2.54. The van der Waals surface area contributed by atoms with Crippen LogP contribution in [0.3, 0.4) is 0 Å². The first-order valence-corrected chi connectivity index (χ1v) is 10.8. The van der Waals surface area contributed by atoms with E-state index in [1.807, 2.05) is 0 Å². The molecule has 0 aromatic heterocycles. The van der Waals surface area contributed by atoms with Crippen molar-refractivity contribution in [2.24, 2.45) is 27.9 Å². The Balaban J connectivity index is 2.85. The lowest BCUT2D eigenvalue weighted by molar-refractivity contribution is -0.142. The molecular weight excluding hydrogens is 430 g/mol. The number of amides is 2. The summed E-state index contributed by atoms with van der Waals surface area (Å²) in [6, 6.07) is 2.89. The highest BCUT2D eigenvalue weighted by Crippen LogP contribution is 2.12. The van der Waals surface area contributed by atoms with Gasteiger partial charge in [0.25, 0.3) is 0 Å². The number of rotatable bonds is 15. The van der Waals surface area contributed by atoms with Gasteiger partial charge in [-0.1, -0.05) is 18.6 Å². The molecule has 0 bridgehead atoms. The van der Waals surface area contributed by atoms with Crippen LogP contribution >= 0.6 is 0 Å². The van der Waals surface area contributed by atoms with Gasteiger partial charge in [0, 0.05) is 13.0 Å². The monoisotopic (exact) mass is 465 g/mol. The van der Waals surface area contributed by atoms with Crippen LogP contribution < -0.4 is 33.6 Å². The highest BCUT2D eigenvalue weighted by Gasteiger charge is 2.28. The maximum absolute atomic E-state index is 12.9. The smallest absolute Gasteiger partial charge is 0.326 e. The van der Waals surface area contributed by atoms with Crippen molar-refractivity contribution in [2.45, 2.75) is 56.7 Å². The Morgan fingerprint density at radius 3 is 2.15 bits per heavy atom. The van der Waals surface area contributed by atoms with Crippen molar-refractivity contribution in [1.29, 1.82) is 0 Å². The number of nitrogens with zero attached hydrogens (tertiary/aromatic N) is 1. The van der Waals surface area contributed by atoms with Crippen molar-refractivity contribution in [1.82, 2.24) is 10.6 Å². The molecule has 12 heteroatoms. The average Bonchev–Trinajstić information content (AvgIpc) is 2.76. The van der Waals surface area contributed by atoms with Crippen molar-refractivity contribution < 1.29 is 24.6 Å². The van der Waals surface area contributed by atoms with E-state index < -0.39 is 35.9 Å². The second-order valence-electron chi connectivity index (χ2n) is 7.67. The zero-order chi connectivity index (χ0) is 24.8. The molecule has 1 aromatic rings. The molecule has 0 spiro atoms. The molecule has 0 radical (unpaired) electrons. The van der Waals surface area contributed by atoms with E-state index in [2.05, 4.69) is 15.6 Å². The normalized spacial score (nSPS) is 13.4. The number of phenols is 1. The van der Waals surface area contributed by atoms with Gasteiger partial charge < -0.3 is 43.8 Å². The van der Waals surface area contributed by atoms with Crippen LogP contribution in [-0.4, -0.2) is 65.2 Å². The fraction of sp³-hybridized carbons (Fsp3) is 0.524. The summed E-state index contributed by atoms with van der Waals surface area (Å²) in [5, 5.41) is 24.0. The van der Waals surface area contributed by atoms with Gasteiger partial charge in [-0.15, -0.1) is 0 Å². The summed E-state index contributed by atoms with van der Waals surface area (Å²) in [5.74, 6) is -2.46. The molecule has 0 fully saturated rings. The van der Waals surface area contributed by atoms with E-state index in [0.29, 0.717) is 31.4 Å². The molecule has 1 rings (SSSR count). The van der Waals surface area contributed by atoms with E-state index in [1.165, 1.54) is 12.1 Å². The summed E-state index contributed by atoms with van der Waals surface area (Å²) in [7, 11) is 0. The summed E-state index contributed by atoms with van der Waals surface area (Å²) in [4.78, 5) is 40.9. The number of aliphatic imine (C=N–C) groups is 1. The third-order valence-electron chi connectivity index (χ3n) is 4.88. The number of nitrogens with one attached hydrogen (secondary N) is 2. The largest absolute Gasteiger partial charge is 0.508 e. The number of aromatic hydroxyl groups is 1. The summed E-state index contributed by atoms with van der Waals surface area (Å²) in [5.41, 5.74) is 22.6. The zero-order valence-corrected chi connectivity index (χ0v) is 18.6. The van der Waals surface area contributed by atoms with Gasteiger partial charge in [-0.3, -0.25) is 14.6 Å². The fourth-order valence-corrected chi connectivity index (χ4v) is 3.03. The van der Waals surface area contributed by atoms with Gasteiger partial charge in [-0.05, 0) is 49.9 Å². The SMILES string of the molecule is NCCCCC(N)C(=O)NC(CCCN=C(N)N)C(=O)NC(Cc1ccc(O)cc1)C(=O)O. The lowest BCUT2D eigenvalue weighted by atomic mass is 10.0. The van der Waals surface area contributed by atoms with Gasteiger partial charge in [0.15, 0.2) is 5.96 Å². The van der Waals surface area contributed by atoms with E-state index >= 15 is 0 Å². The van der Waals surface area contributed by atoms with Crippen LogP contribution in [-0.2, 0) is 20.8 Å². The van der Waals surface area contributed by atoms with Crippen LogP contribution in [0.2, 0.25) is 0 Å². The maximum Gasteiger partial charge on any atom is 0.326 e. The number of carbonyl (C=O) groups excluding carboxylic acids is 2. The minimum Gasteiger partial charge on any atom is -0.508 e. The quantitative estimate of drug-likeness (QED) is 0.0853. The van der Waals surface area contributed by atoms with Gasteiger partial charge in [0.05, 0.1) is 6.04 Å². The van der Waals surface area contributed by atoms with E-state index in [0.717, 1.165) is 6.42 Å². The number of aliphatic carboxylic acids is 1. The van der Waals surface area contributed by atoms with Crippen LogP contribution in [0.15, 0.2) is 29.3 Å². The average molecular weight is 466 g/mol. The molecule has 184 valence electrons. The Morgan fingerprint density at radius 1 is 0.939 bits per heavy atom. The van der Waals surface area contributed by atoms with Crippen molar-refractivity contribution in [3.63, 3.8) is 0 Å². The molecule has 3 atom stereocenters. The number of unbranched alkanes of at least 4 members (excludes halogenated alkanes) is 1. The molecular formula is C21H35N7O5. The van der Waals surface area contributed by atoms with E-state index in [9.17, 15) is 24.6 Å². The molecule has 12 nitrogen and oxygen atoms in total. The Labute approximate surface area is 192 Å². The van der Waals surface area contributed by atoms with Crippen molar-refractivity contribution in [2.75, 3.05) is 13.1 Å². The number of carboxylic acids is 1. The number of carboxylic acid groups (broad SMARTS) is 1. The Kier molecular flexibility index (Phi) is 12.3. The molecule has 0 heterocycles. The van der Waals surface area contributed by atoms with Crippen LogP contribution in [0.5, 0.6) is 5.75 Å². The van der Waals surface area contributed by atoms with Crippen molar-refractivity contribution in [3.8, 4) is 5.75 Å². The molecule has 12 N–H and O–H groups in total. The van der Waals surface area contributed by atoms with E-state index in [-0.39, 0.29) is 31.1 Å². The van der Waals surface area contributed by atoms with Gasteiger partial charge in [-0.25, -0.2) is 4.79 Å². The minimum absolute atomic E-state index is 0.00533. The van der Waals surface area contributed by atoms with Crippen LogP contribution in [0.4, 0.5) is 0 Å². The third-order valence-corrected chi connectivity index (χ3v) is 4.88. The standard InChI is InChI=1S/C21H35N7O5/c22-10-2-1-4-15(23)18(30)27-16(5-3-11-26-21(24)25)19(31)28-17(20(32)33)12-13-6-8-14(29)9-7-13/h6-9,15-17,29H,1-5,10-12,22-23H2,(H,27,30)(H,28,31)(H,32,33)(H4,24,25,26).